The molecule has 1 aromatic heterocycles. The van der Waals surface area contributed by atoms with Gasteiger partial charge in [0.25, 0.3) is 5.91 Å². The number of fused-ring (bicyclic) bond motifs is 1. The van der Waals surface area contributed by atoms with Gasteiger partial charge in [0.05, 0.1) is 6.04 Å². The summed E-state index contributed by atoms with van der Waals surface area (Å²) in [5, 5.41) is 2.85. The topological polar surface area (TPSA) is 71.5 Å². The van der Waals surface area contributed by atoms with Crippen LogP contribution in [0.25, 0.3) is 0 Å². The Balaban J connectivity index is 1.49. The molecule has 0 fully saturated rings. The normalized spacial score (nSPS) is 15.2. The lowest BCUT2D eigenvalue weighted by Gasteiger charge is -2.41. The molecule has 0 saturated carbocycles. The molecule has 2 heterocycles. The molecule has 4 rings (SSSR count). The lowest BCUT2D eigenvalue weighted by atomic mass is 9.85. The lowest BCUT2D eigenvalue weighted by Crippen LogP contribution is -2.45. The van der Waals surface area contributed by atoms with Crippen molar-refractivity contribution in [1.29, 1.82) is 0 Å². The standard InChI is InChI=1S/C29H32FN3O3/c1-29(2,3)28(35)33-17-14-20-9-12-24(18-25(20)27(33)21-7-10-22(30)11-8-21)36-19-26(34)32-16-13-23-6-4-5-15-31-23/h4-12,15,18,27H,13-14,16-17,19H2,1-3H3,(H,32,34)/t27-/m0/s1. The third kappa shape index (κ3) is 6.08. The van der Waals surface area contributed by atoms with Crippen molar-refractivity contribution >= 4 is 11.8 Å². The number of benzene rings is 2. The number of hydrogen-bond donors (Lipinski definition) is 1. The molecule has 2 amide bonds. The van der Waals surface area contributed by atoms with E-state index in [4.69, 9.17) is 4.74 Å². The van der Waals surface area contributed by atoms with Crippen molar-refractivity contribution in [2.45, 2.75) is 39.7 Å². The Morgan fingerprint density at radius 2 is 1.89 bits per heavy atom. The second kappa shape index (κ2) is 10.9. The average molecular weight is 490 g/mol. The number of pyridine rings is 1. The van der Waals surface area contributed by atoms with Crippen molar-refractivity contribution in [3.63, 3.8) is 0 Å². The first-order valence-electron chi connectivity index (χ1n) is 12.2. The van der Waals surface area contributed by atoms with Gasteiger partial charge in [0.1, 0.15) is 11.6 Å². The molecule has 36 heavy (non-hydrogen) atoms. The number of rotatable bonds is 7. The van der Waals surface area contributed by atoms with Crippen LogP contribution in [-0.4, -0.2) is 41.4 Å². The number of halogens is 1. The van der Waals surface area contributed by atoms with E-state index in [9.17, 15) is 14.0 Å². The number of amides is 2. The fourth-order valence-corrected chi connectivity index (χ4v) is 4.41. The number of carbonyl (C=O) groups is 2. The molecule has 1 aliphatic heterocycles. The molecule has 3 aromatic rings. The summed E-state index contributed by atoms with van der Waals surface area (Å²) in [5.74, 6) is 0.0322. The minimum Gasteiger partial charge on any atom is -0.484 e. The van der Waals surface area contributed by atoms with Crippen molar-refractivity contribution in [3.8, 4) is 5.75 Å². The number of nitrogens with zero attached hydrogens (tertiary/aromatic N) is 2. The van der Waals surface area contributed by atoms with E-state index in [2.05, 4.69) is 10.3 Å². The summed E-state index contributed by atoms with van der Waals surface area (Å²) in [6.45, 7) is 6.63. The second-order valence-corrected chi connectivity index (χ2v) is 10.0. The van der Waals surface area contributed by atoms with Crippen molar-refractivity contribution in [2.75, 3.05) is 19.7 Å². The summed E-state index contributed by atoms with van der Waals surface area (Å²) >= 11 is 0. The summed E-state index contributed by atoms with van der Waals surface area (Å²) in [5.41, 5.74) is 3.22. The van der Waals surface area contributed by atoms with Gasteiger partial charge in [-0.15, -0.1) is 0 Å². The highest BCUT2D eigenvalue weighted by molar-refractivity contribution is 5.83. The number of carbonyl (C=O) groups excluding carboxylic acids is 2. The van der Waals surface area contributed by atoms with Gasteiger partial charge in [-0.05, 0) is 59.5 Å². The third-order valence-corrected chi connectivity index (χ3v) is 6.23. The summed E-state index contributed by atoms with van der Waals surface area (Å²) in [6.07, 6.45) is 3.08. The predicted octanol–water partition coefficient (Wildman–Crippen LogP) is 4.48. The Kier molecular flexibility index (Phi) is 7.67. The highest BCUT2D eigenvalue weighted by Gasteiger charge is 2.37. The number of ether oxygens (including phenoxy) is 1. The maximum Gasteiger partial charge on any atom is 0.257 e. The zero-order valence-corrected chi connectivity index (χ0v) is 21.0. The van der Waals surface area contributed by atoms with Crippen LogP contribution in [0.4, 0.5) is 4.39 Å². The van der Waals surface area contributed by atoms with E-state index in [1.807, 2.05) is 62.1 Å². The van der Waals surface area contributed by atoms with Gasteiger partial charge >= 0.3 is 0 Å². The van der Waals surface area contributed by atoms with Gasteiger partial charge in [0.15, 0.2) is 6.61 Å². The number of aromatic nitrogens is 1. The first kappa shape index (κ1) is 25.4. The molecule has 0 saturated heterocycles. The number of hydrogen-bond acceptors (Lipinski definition) is 4. The monoisotopic (exact) mass is 489 g/mol. The maximum atomic E-state index is 13.7. The fourth-order valence-electron chi connectivity index (χ4n) is 4.41. The Labute approximate surface area is 211 Å². The van der Waals surface area contributed by atoms with Gasteiger partial charge in [-0.2, -0.15) is 0 Å². The average Bonchev–Trinajstić information content (AvgIpc) is 2.87. The molecule has 1 N–H and O–H groups in total. The maximum absolute atomic E-state index is 13.7. The third-order valence-electron chi connectivity index (χ3n) is 6.23. The number of nitrogens with one attached hydrogen (secondary N) is 1. The van der Waals surface area contributed by atoms with Gasteiger partial charge in [0.2, 0.25) is 5.91 Å². The quantitative estimate of drug-likeness (QED) is 0.531. The largest absolute Gasteiger partial charge is 0.484 e. The lowest BCUT2D eigenvalue weighted by molar-refractivity contribution is -0.141. The van der Waals surface area contributed by atoms with Crippen LogP contribution < -0.4 is 10.1 Å². The SMILES string of the molecule is CC(C)(C)C(=O)N1CCc2ccc(OCC(=O)NCCc3ccccn3)cc2[C@@H]1c1ccc(F)cc1. The molecule has 7 heteroatoms. The van der Waals surface area contributed by atoms with Gasteiger partial charge in [-0.1, -0.05) is 45.0 Å². The van der Waals surface area contributed by atoms with E-state index in [1.54, 1.807) is 18.3 Å². The predicted molar refractivity (Wildman–Crippen MR) is 136 cm³/mol. The van der Waals surface area contributed by atoms with Gasteiger partial charge in [0, 0.05) is 36.8 Å². The Morgan fingerprint density at radius 3 is 2.58 bits per heavy atom. The van der Waals surface area contributed by atoms with Gasteiger partial charge < -0.3 is 15.0 Å². The second-order valence-electron chi connectivity index (χ2n) is 10.0. The van der Waals surface area contributed by atoms with Crippen molar-refractivity contribution in [1.82, 2.24) is 15.2 Å². The summed E-state index contributed by atoms with van der Waals surface area (Å²) in [6, 6.07) is 17.3. The zero-order valence-electron chi connectivity index (χ0n) is 21.0. The first-order valence-corrected chi connectivity index (χ1v) is 12.2. The molecule has 1 atom stereocenters. The van der Waals surface area contributed by atoms with Crippen LogP contribution in [-0.2, 0) is 22.4 Å². The van der Waals surface area contributed by atoms with Gasteiger partial charge in [-0.25, -0.2) is 4.39 Å². The molecule has 0 aliphatic carbocycles. The minimum absolute atomic E-state index is 0.0288. The highest BCUT2D eigenvalue weighted by atomic mass is 19.1. The van der Waals surface area contributed by atoms with E-state index >= 15 is 0 Å². The van der Waals surface area contributed by atoms with E-state index in [1.165, 1.54) is 12.1 Å². The molecule has 2 aromatic carbocycles. The van der Waals surface area contributed by atoms with E-state index < -0.39 is 5.41 Å². The molecule has 6 nitrogen and oxygen atoms in total. The minimum atomic E-state index is -0.558. The Morgan fingerprint density at radius 1 is 1.11 bits per heavy atom. The van der Waals surface area contributed by atoms with E-state index in [0.717, 1.165) is 22.4 Å². The Hall–Kier alpha value is -3.74. The summed E-state index contributed by atoms with van der Waals surface area (Å²) in [7, 11) is 0. The van der Waals surface area contributed by atoms with Crippen molar-refractivity contribution in [2.24, 2.45) is 5.41 Å². The first-order chi connectivity index (χ1) is 17.2. The van der Waals surface area contributed by atoms with Crippen LogP contribution in [0.3, 0.4) is 0 Å². The molecular formula is C29H32FN3O3. The molecule has 0 unspecified atom stereocenters. The van der Waals surface area contributed by atoms with Crippen LogP contribution in [0.1, 0.15) is 49.2 Å². The van der Waals surface area contributed by atoms with E-state index in [-0.39, 0.29) is 30.3 Å². The van der Waals surface area contributed by atoms with Crippen molar-refractivity contribution in [3.05, 3.63) is 95.1 Å². The molecule has 0 spiro atoms. The van der Waals surface area contributed by atoms with Crippen LogP contribution >= 0.6 is 0 Å². The highest BCUT2D eigenvalue weighted by Crippen LogP contribution is 2.39. The molecule has 0 radical (unpaired) electrons. The van der Waals surface area contributed by atoms with Gasteiger partial charge in [-0.3, -0.25) is 14.6 Å². The van der Waals surface area contributed by atoms with Crippen molar-refractivity contribution < 1.29 is 18.7 Å². The molecule has 188 valence electrons. The van der Waals surface area contributed by atoms with Crippen LogP contribution in [0, 0.1) is 11.2 Å². The molecule has 0 bridgehead atoms. The fraction of sp³-hybridized carbons (Fsp3) is 0.345. The van der Waals surface area contributed by atoms with Crippen LogP contribution in [0.15, 0.2) is 66.9 Å². The smallest absolute Gasteiger partial charge is 0.257 e. The Bertz CT molecular complexity index is 1210. The summed E-state index contributed by atoms with van der Waals surface area (Å²) in [4.78, 5) is 31.8. The molecular weight excluding hydrogens is 457 g/mol. The zero-order chi connectivity index (χ0) is 25.7. The van der Waals surface area contributed by atoms with Crippen LogP contribution in [0.5, 0.6) is 5.75 Å². The van der Waals surface area contributed by atoms with Crippen LogP contribution in [0.2, 0.25) is 0 Å². The van der Waals surface area contributed by atoms with E-state index in [0.29, 0.717) is 31.7 Å². The molecule has 1 aliphatic rings. The summed E-state index contributed by atoms with van der Waals surface area (Å²) < 4.78 is 19.5.